The first kappa shape index (κ1) is 69.6. The summed E-state index contributed by atoms with van der Waals surface area (Å²) < 4.78 is 17.8. The van der Waals surface area contributed by atoms with E-state index in [1.165, 1.54) is 360 Å². The zero-order valence-electron chi connectivity index (χ0n) is 49.6. The molecule has 0 bridgehead atoms. The van der Waals surface area contributed by atoms with Crippen molar-refractivity contribution in [1.82, 2.24) is 10.1 Å². The molecule has 0 atom stereocenters. The Morgan fingerprint density at radius 1 is 0.188 bits per heavy atom. The van der Waals surface area contributed by atoms with Gasteiger partial charge >= 0.3 is 447 Å². The van der Waals surface area contributed by atoms with Crippen molar-refractivity contribution >= 4 is 0 Å². The van der Waals surface area contributed by atoms with E-state index in [-0.39, 0.29) is 0 Å². The molecule has 0 rings (SSSR count). The van der Waals surface area contributed by atoms with Crippen LogP contribution in [0.5, 0.6) is 0 Å². The Morgan fingerprint density at radius 3 is 0.493 bits per heavy atom. The van der Waals surface area contributed by atoms with Crippen LogP contribution in [0.2, 0.25) is 0 Å². The predicted molar refractivity (Wildman–Crippen MR) is 311 cm³/mol. The van der Waals surface area contributed by atoms with Gasteiger partial charge < -0.3 is 0 Å². The Morgan fingerprint density at radius 2 is 0.333 bits per heavy atom. The van der Waals surface area contributed by atoms with Crippen molar-refractivity contribution in [3.8, 4) is 0 Å². The summed E-state index contributed by atoms with van der Waals surface area (Å²) in [6.07, 6.45) is 70.0. The summed E-state index contributed by atoms with van der Waals surface area (Å²) in [5, 5.41) is 0. The van der Waals surface area contributed by atoms with Crippen molar-refractivity contribution in [2.24, 2.45) is 0 Å². The summed E-state index contributed by atoms with van der Waals surface area (Å²) in [5.41, 5.74) is 0. The molecule has 0 spiro atoms. The van der Waals surface area contributed by atoms with Crippen LogP contribution in [0.15, 0.2) is 0 Å². The molecule has 0 aliphatic carbocycles. The Bertz CT molecular complexity index is 767. The van der Waals surface area contributed by atoms with E-state index >= 15 is 0 Å². The molecule has 0 heterocycles. The van der Waals surface area contributed by atoms with Gasteiger partial charge in [-0.15, -0.1) is 0 Å². The van der Waals surface area contributed by atoms with Crippen LogP contribution in [0.1, 0.15) is 370 Å². The minimum absolute atomic E-state index is 0.971. The third-order valence-electron chi connectivity index (χ3n) is 15.7. The molecule has 0 aliphatic heterocycles. The molecule has 0 aliphatic rings. The summed E-state index contributed by atoms with van der Waals surface area (Å²) in [7, 11) is 0. The van der Waals surface area contributed by atoms with Crippen LogP contribution >= 0.6 is 0 Å². The van der Waals surface area contributed by atoms with E-state index in [1.807, 2.05) is 0 Å². The molecule has 69 heavy (non-hydrogen) atoms. The maximum atomic E-state index is 8.16. The first-order chi connectivity index (χ1) is 34.1. The first-order valence-corrected chi connectivity index (χ1v) is 35.7. The molecule has 0 aromatic rings. The average molecular weight is 1010 g/mol. The van der Waals surface area contributed by atoms with Crippen molar-refractivity contribution in [2.75, 3.05) is 45.9 Å². The molecule has 416 valence electrons. The topological polar surface area (TPSA) is 19.0 Å². The molecular weight excluding hydrogens is 875 g/mol. The van der Waals surface area contributed by atoms with E-state index in [0.717, 1.165) is 6.61 Å². The molecule has 0 saturated carbocycles. The number of hydrogen-bond acceptors (Lipinski definition) is 4. The fourth-order valence-corrected chi connectivity index (χ4v) is 18.6. The van der Waals surface area contributed by atoms with Crippen LogP contribution in [-0.4, -0.2) is 56.0 Å². The van der Waals surface area contributed by atoms with Gasteiger partial charge in [0.25, 0.3) is 0 Å². The van der Waals surface area contributed by atoms with Gasteiger partial charge in [0.05, 0.1) is 0 Å². The van der Waals surface area contributed by atoms with Crippen molar-refractivity contribution in [2.45, 2.75) is 370 Å². The molecule has 0 amide bonds. The molecule has 4 nitrogen and oxygen atoms in total. The van der Waals surface area contributed by atoms with E-state index in [4.69, 9.17) is 3.32 Å². The van der Waals surface area contributed by atoms with Crippen molar-refractivity contribution in [3.05, 3.63) is 0 Å². The van der Waals surface area contributed by atoms with Gasteiger partial charge in [0.15, 0.2) is 0 Å². The van der Waals surface area contributed by atoms with Gasteiger partial charge in [-0.2, -0.15) is 0 Å². The monoisotopic (exact) mass is 1010 g/mol. The summed E-state index contributed by atoms with van der Waals surface area (Å²) in [5.74, 6) is 0. The van der Waals surface area contributed by atoms with Crippen LogP contribution in [0.25, 0.3) is 0 Å². The average Bonchev–Trinajstić information content (AvgIpc) is 3.36. The molecule has 5 heteroatoms. The number of hydrogen-bond donors (Lipinski definition) is 0. The fourth-order valence-electron chi connectivity index (χ4n) is 11.1. The second kappa shape index (κ2) is 57.8. The molecular formula is C64H135N3OTi. The molecule has 0 fully saturated rings. The first-order valence-electron chi connectivity index (χ1n) is 33.0. The maximum absolute atomic E-state index is 8.16. The SMILES string of the molecule is CCCCCCCCCC[N](CCCCCCCCCC)[Ti]([O]CCCC)([N](CCCCCCCCCC)CCCCCCCCCC)[N](CCCCCCCCCC)CCCCCCCCCC. The van der Waals surface area contributed by atoms with Crippen molar-refractivity contribution in [1.29, 1.82) is 0 Å². The van der Waals surface area contributed by atoms with Crippen LogP contribution in [0, 0.1) is 0 Å². The Hall–Kier alpha value is 0.554. The third-order valence-corrected chi connectivity index (χ3v) is 22.6. The van der Waals surface area contributed by atoms with Gasteiger partial charge in [0.1, 0.15) is 0 Å². The zero-order valence-corrected chi connectivity index (χ0v) is 51.1. The van der Waals surface area contributed by atoms with Gasteiger partial charge in [-0.3, -0.25) is 0 Å². The summed E-state index contributed by atoms with van der Waals surface area (Å²) >= 11 is -3.54. The zero-order chi connectivity index (χ0) is 50.2. The second-order valence-corrected chi connectivity index (χ2v) is 27.8. The molecule has 0 N–H and O–H groups in total. The Labute approximate surface area is 444 Å². The van der Waals surface area contributed by atoms with E-state index in [9.17, 15) is 0 Å². The number of rotatable bonds is 61. The second-order valence-electron chi connectivity index (χ2n) is 22.6. The van der Waals surface area contributed by atoms with E-state index in [1.54, 1.807) is 0 Å². The fraction of sp³-hybridized carbons (Fsp3) is 1.00. The van der Waals surface area contributed by atoms with E-state index < -0.39 is 17.7 Å². The number of unbranched alkanes of at least 4 members (excludes halogenated alkanes) is 43. The summed E-state index contributed by atoms with van der Waals surface area (Å²) in [4.78, 5) is 0. The normalized spacial score (nSPS) is 12.3. The molecule has 0 aromatic heterocycles. The van der Waals surface area contributed by atoms with Crippen molar-refractivity contribution < 1.29 is 21.1 Å². The molecule has 0 saturated heterocycles. The third kappa shape index (κ3) is 42.5. The summed E-state index contributed by atoms with van der Waals surface area (Å²) in [6, 6.07) is 0. The van der Waals surface area contributed by atoms with E-state index in [2.05, 4.69) is 58.6 Å². The molecule has 0 aromatic carbocycles. The van der Waals surface area contributed by atoms with Gasteiger partial charge in [-0.1, -0.05) is 0 Å². The molecule has 0 radical (unpaired) electrons. The predicted octanol–water partition coefficient (Wildman–Crippen LogP) is 22.4. The van der Waals surface area contributed by atoms with Gasteiger partial charge in [-0.25, -0.2) is 0 Å². The van der Waals surface area contributed by atoms with E-state index in [0.29, 0.717) is 0 Å². The number of nitrogens with zero attached hydrogens (tertiary/aromatic N) is 3. The summed E-state index contributed by atoms with van der Waals surface area (Å²) in [6.45, 7) is 25.2. The van der Waals surface area contributed by atoms with Gasteiger partial charge in [-0.05, 0) is 0 Å². The van der Waals surface area contributed by atoms with Gasteiger partial charge in [0.2, 0.25) is 0 Å². The van der Waals surface area contributed by atoms with Crippen LogP contribution in [0.3, 0.4) is 0 Å². The standard InChI is InChI=1S/3C20H42N.C4H9O.Ti/c3*1-3-5-7-9-11-13-15-17-19-21-20-18-16-14-12-10-8-6-4-2;1-2-3-4-5;/h3*3-20H2,1-2H3;2-4H2,1H3;/q4*-1;+4. The molecule has 0 unspecified atom stereocenters. The van der Waals surface area contributed by atoms with Crippen LogP contribution in [0.4, 0.5) is 0 Å². The van der Waals surface area contributed by atoms with Crippen molar-refractivity contribution in [3.63, 3.8) is 0 Å². The Balaban J connectivity index is 7.21. The van der Waals surface area contributed by atoms with Crippen LogP contribution in [-0.2, 0) is 21.1 Å². The Kier molecular flexibility index (Phi) is 58.3. The van der Waals surface area contributed by atoms with Gasteiger partial charge in [0, 0.05) is 0 Å². The quantitative estimate of drug-likeness (QED) is 0.0446. The minimum atomic E-state index is -3.54. The van der Waals surface area contributed by atoms with Crippen LogP contribution < -0.4 is 0 Å².